The summed E-state index contributed by atoms with van der Waals surface area (Å²) in [5.41, 5.74) is -0.317. The lowest BCUT2D eigenvalue weighted by molar-refractivity contribution is 0.415. The Kier molecular flexibility index (Phi) is 3.03. The normalized spacial score (nSPS) is 10.1. The number of aliphatic imine (C=N–C) groups is 1. The minimum atomic E-state index is -0.317. The molecule has 0 spiro atoms. The Labute approximate surface area is 96.7 Å². The van der Waals surface area contributed by atoms with Gasteiger partial charge < -0.3 is 5.11 Å². The monoisotopic (exact) mass is 230 g/mol. The number of nitrogens with zero attached hydrogens (tertiary/aromatic N) is 2. The second kappa shape index (κ2) is 4.63. The first kappa shape index (κ1) is 11.1. The van der Waals surface area contributed by atoms with E-state index in [9.17, 15) is 14.7 Å². The van der Waals surface area contributed by atoms with Crippen LogP contribution in [-0.4, -0.2) is 22.3 Å². The zero-order valence-corrected chi connectivity index (χ0v) is 8.96. The first-order valence-corrected chi connectivity index (χ1v) is 5.09. The Morgan fingerprint density at radius 2 is 2.12 bits per heavy atom. The molecule has 1 heterocycles. The SMILES string of the molecule is O=C=NCCn1c(O)c2ccccc2cc1=O. The maximum absolute atomic E-state index is 11.7. The number of aromatic hydroxyl groups is 1. The number of isocyanates is 1. The first-order valence-electron chi connectivity index (χ1n) is 5.09. The van der Waals surface area contributed by atoms with E-state index in [1.54, 1.807) is 24.3 Å². The fraction of sp³-hybridized carbons (Fsp3) is 0.167. The number of carbonyl (C=O) groups excluding carboxylic acids is 1. The summed E-state index contributed by atoms with van der Waals surface area (Å²) in [7, 11) is 0. The zero-order chi connectivity index (χ0) is 12.3. The summed E-state index contributed by atoms with van der Waals surface area (Å²) in [5, 5.41) is 11.2. The average molecular weight is 230 g/mol. The molecule has 0 bridgehead atoms. The number of rotatable bonds is 3. The Morgan fingerprint density at radius 1 is 1.35 bits per heavy atom. The molecule has 2 aromatic rings. The summed E-state index contributed by atoms with van der Waals surface area (Å²) >= 11 is 0. The fourth-order valence-electron chi connectivity index (χ4n) is 1.70. The van der Waals surface area contributed by atoms with Crippen molar-refractivity contribution in [3.63, 3.8) is 0 Å². The van der Waals surface area contributed by atoms with Crippen LogP contribution in [0.1, 0.15) is 0 Å². The minimum Gasteiger partial charge on any atom is -0.494 e. The standard InChI is InChI=1S/C12H10N2O3/c15-8-13-5-6-14-11(16)7-9-3-1-2-4-10(9)12(14)17/h1-4,7,17H,5-6H2. The summed E-state index contributed by atoms with van der Waals surface area (Å²) in [6.07, 6.45) is 1.39. The maximum Gasteiger partial charge on any atom is 0.253 e. The molecule has 86 valence electrons. The van der Waals surface area contributed by atoms with Crippen molar-refractivity contribution in [2.75, 3.05) is 6.54 Å². The molecule has 17 heavy (non-hydrogen) atoms. The molecule has 5 heteroatoms. The molecule has 1 N–H and O–H groups in total. The van der Waals surface area contributed by atoms with Crippen molar-refractivity contribution >= 4 is 16.9 Å². The molecule has 0 unspecified atom stereocenters. The van der Waals surface area contributed by atoms with Gasteiger partial charge in [0.25, 0.3) is 5.56 Å². The van der Waals surface area contributed by atoms with Crippen LogP contribution in [0.25, 0.3) is 10.8 Å². The molecule has 0 aliphatic carbocycles. The molecular formula is C12H10N2O3. The lowest BCUT2D eigenvalue weighted by Gasteiger charge is -2.08. The molecule has 2 rings (SSSR count). The summed E-state index contributed by atoms with van der Waals surface area (Å²) in [6, 6.07) is 8.50. The third-order valence-electron chi connectivity index (χ3n) is 2.50. The molecule has 0 aliphatic heterocycles. The van der Waals surface area contributed by atoms with Crippen LogP contribution in [0, 0.1) is 0 Å². The zero-order valence-electron chi connectivity index (χ0n) is 8.96. The van der Waals surface area contributed by atoms with Gasteiger partial charge in [-0.25, -0.2) is 9.79 Å². The third-order valence-corrected chi connectivity index (χ3v) is 2.50. The van der Waals surface area contributed by atoms with Crippen molar-refractivity contribution < 1.29 is 9.90 Å². The highest BCUT2D eigenvalue weighted by molar-refractivity contribution is 5.86. The van der Waals surface area contributed by atoms with Crippen molar-refractivity contribution in [3.8, 4) is 5.88 Å². The Bertz CT molecular complexity index is 654. The molecule has 0 saturated carbocycles. The van der Waals surface area contributed by atoms with Crippen LogP contribution in [0.2, 0.25) is 0 Å². The van der Waals surface area contributed by atoms with Gasteiger partial charge in [0, 0.05) is 18.0 Å². The van der Waals surface area contributed by atoms with E-state index in [4.69, 9.17) is 0 Å². The highest BCUT2D eigenvalue weighted by Crippen LogP contribution is 2.21. The third kappa shape index (κ3) is 2.09. The molecule has 0 fully saturated rings. The lowest BCUT2D eigenvalue weighted by atomic mass is 10.1. The smallest absolute Gasteiger partial charge is 0.253 e. The Balaban J connectivity index is 2.55. The number of hydrogen-bond acceptors (Lipinski definition) is 4. The van der Waals surface area contributed by atoms with Crippen LogP contribution in [0.5, 0.6) is 5.88 Å². The summed E-state index contributed by atoms with van der Waals surface area (Å²) in [5.74, 6) is -0.103. The Morgan fingerprint density at radius 3 is 2.88 bits per heavy atom. The molecule has 0 amide bonds. The largest absolute Gasteiger partial charge is 0.494 e. The van der Waals surface area contributed by atoms with Gasteiger partial charge in [-0.1, -0.05) is 18.2 Å². The van der Waals surface area contributed by atoms with Gasteiger partial charge in [-0.3, -0.25) is 9.36 Å². The maximum atomic E-state index is 11.7. The van der Waals surface area contributed by atoms with Gasteiger partial charge in [0.1, 0.15) is 0 Å². The molecular weight excluding hydrogens is 220 g/mol. The van der Waals surface area contributed by atoms with Crippen LogP contribution in [-0.2, 0) is 11.3 Å². The van der Waals surface area contributed by atoms with E-state index < -0.39 is 0 Å². The van der Waals surface area contributed by atoms with E-state index in [1.165, 1.54) is 16.7 Å². The second-order valence-corrected chi connectivity index (χ2v) is 3.52. The van der Waals surface area contributed by atoms with Crippen LogP contribution < -0.4 is 5.56 Å². The van der Waals surface area contributed by atoms with Gasteiger partial charge in [-0.05, 0) is 11.5 Å². The lowest BCUT2D eigenvalue weighted by Crippen LogP contribution is -2.20. The molecule has 1 aromatic heterocycles. The van der Waals surface area contributed by atoms with Gasteiger partial charge in [0.2, 0.25) is 12.0 Å². The van der Waals surface area contributed by atoms with Crippen molar-refractivity contribution in [3.05, 3.63) is 40.7 Å². The van der Waals surface area contributed by atoms with E-state index in [0.717, 1.165) is 0 Å². The summed E-state index contributed by atoms with van der Waals surface area (Å²) in [4.78, 5) is 25.0. The highest BCUT2D eigenvalue weighted by Gasteiger charge is 2.07. The predicted molar refractivity (Wildman–Crippen MR) is 62.9 cm³/mol. The van der Waals surface area contributed by atoms with Crippen molar-refractivity contribution in [2.24, 2.45) is 4.99 Å². The average Bonchev–Trinajstić information content (AvgIpc) is 2.33. The molecule has 0 saturated heterocycles. The van der Waals surface area contributed by atoms with E-state index >= 15 is 0 Å². The highest BCUT2D eigenvalue weighted by atomic mass is 16.3. The van der Waals surface area contributed by atoms with Gasteiger partial charge in [-0.15, -0.1) is 0 Å². The predicted octanol–water partition coefficient (Wildman–Crippen LogP) is 1.04. The van der Waals surface area contributed by atoms with E-state index in [-0.39, 0.29) is 24.5 Å². The molecule has 0 atom stereocenters. The van der Waals surface area contributed by atoms with Crippen LogP contribution in [0.3, 0.4) is 0 Å². The number of aromatic nitrogens is 1. The minimum absolute atomic E-state index is 0.103. The Hall–Kier alpha value is -2.39. The van der Waals surface area contributed by atoms with E-state index in [2.05, 4.69) is 4.99 Å². The van der Waals surface area contributed by atoms with Crippen molar-refractivity contribution in [2.45, 2.75) is 6.54 Å². The summed E-state index contributed by atoms with van der Waals surface area (Å²) < 4.78 is 1.18. The first-order chi connectivity index (χ1) is 8.24. The van der Waals surface area contributed by atoms with Crippen molar-refractivity contribution in [1.82, 2.24) is 4.57 Å². The number of pyridine rings is 1. The molecule has 1 aromatic carbocycles. The number of hydrogen-bond donors (Lipinski definition) is 1. The van der Waals surface area contributed by atoms with Gasteiger partial charge in [0.15, 0.2) is 0 Å². The van der Waals surface area contributed by atoms with Gasteiger partial charge >= 0.3 is 0 Å². The molecule has 5 nitrogen and oxygen atoms in total. The summed E-state index contributed by atoms with van der Waals surface area (Å²) in [6.45, 7) is 0.278. The van der Waals surface area contributed by atoms with Crippen LogP contribution in [0.15, 0.2) is 40.1 Å². The molecule has 0 aliphatic rings. The van der Waals surface area contributed by atoms with Gasteiger partial charge in [0.05, 0.1) is 6.54 Å². The van der Waals surface area contributed by atoms with Crippen LogP contribution in [0.4, 0.5) is 0 Å². The second-order valence-electron chi connectivity index (χ2n) is 3.52. The number of benzene rings is 1. The van der Waals surface area contributed by atoms with E-state index in [0.29, 0.717) is 10.8 Å². The van der Waals surface area contributed by atoms with Crippen LogP contribution >= 0.6 is 0 Å². The van der Waals surface area contributed by atoms with E-state index in [1.807, 2.05) is 0 Å². The fourth-order valence-corrected chi connectivity index (χ4v) is 1.70. The molecule has 0 radical (unpaired) electrons. The quantitative estimate of drug-likeness (QED) is 0.632. The van der Waals surface area contributed by atoms with Gasteiger partial charge in [-0.2, -0.15) is 0 Å². The topological polar surface area (TPSA) is 71.7 Å². The number of fused-ring (bicyclic) bond motifs is 1. The van der Waals surface area contributed by atoms with Crippen molar-refractivity contribution in [1.29, 1.82) is 0 Å².